The number of rotatable bonds is 7. The number of hydrogen-bond donors (Lipinski definition) is 2. The molecule has 0 saturated carbocycles. The summed E-state index contributed by atoms with van der Waals surface area (Å²) in [7, 11) is 0. The maximum atomic E-state index is 13.1. The van der Waals surface area contributed by atoms with Gasteiger partial charge in [-0.25, -0.2) is 14.2 Å². The molecule has 5 nitrogen and oxygen atoms in total. The second kappa shape index (κ2) is 8.97. The smallest absolute Gasteiger partial charge is 0.321 e. The highest BCUT2D eigenvalue weighted by molar-refractivity contribution is 7.22. The summed E-state index contributed by atoms with van der Waals surface area (Å²) >= 11 is 7.28. The average Bonchev–Trinajstić information content (AvgIpc) is 2.93. The van der Waals surface area contributed by atoms with Gasteiger partial charge in [0.25, 0.3) is 0 Å². The number of nitriles is 1. The van der Waals surface area contributed by atoms with Crippen LogP contribution < -0.4 is 10.6 Å². The number of carbonyl (C=O) groups is 1. The average molecular weight is 383 g/mol. The Morgan fingerprint density at radius 1 is 1.48 bits per heavy atom. The molecule has 0 fully saturated rings. The molecule has 0 bridgehead atoms. The van der Waals surface area contributed by atoms with E-state index in [-0.39, 0.29) is 18.5 Å². The van der Waals surface area contributed by atoms with E-state index in [1.54, 1.807) is 18.2 Å². The van der Waals surface area contributed by atoms with Gasteiger partial charge in [0, 0.05) is 11.1 Å². The molecule has 1 aromatic heterocycles. The molecule has 2 rings (SSSR count). The Kier molecular flexibility index (Phi) is 6.97. The molecule has 2 amide bonds. The Morgan fingerprint density at radius 3 is 2.88 bits per heavy atom. The highest BCUT2D eigenvalue weighted by Crippen LogP contribution is 2.28. The molecule has 0 aliphatic rings. The van der Waals surface area contributed by atoms with Gasteiger partial charge in [-0.2, -0.15) is 5.26 Å². The molecule has 0 radical (unpaired) electrons. The van der Waals surface area contributed by atoms with Gasteiger partial charge in [0.05, 0.1) is 28.4 Å². The first-order chi connectivity index (χ1) is 11.9. The molecular formula is C17H20ClFN4OS. The van der Waals surface area contributed by atoms with Gasteiger partial charge < -0.3 is 5.32 Å². The van der Waals surface area contributed by atoms with Crippen LogP contribution in [0.1, 0.15) is 33.1 Å². The van der Waals surface area contributed by atoms with Gasteiger partial charge in [-0.1, -0.05) is 29.9 Å². The van der Waals surface area contributed by atoms with Crippen LogP contribution in [0.25, 0.3) is 10.2 Å². The van der Waals surface area contributed by atoms with Gasteiger partial charge in [-0.15, -0.1) is 0 Å². The van der Waals surface area contributed by atoms with Crippen LogP contribution in [0.5, 0.6) is 0 Å². The van der Waals surface area contributed by atoms with Gasteiger partial charge in [0.1, 0.15) is 0 Å². The van der Waals surface area contributed by atoms with Crippen LogP contribution in [-0.4, -0.2) is 23.2 Å². The van der Waals surface area contributed by atoms with E-state index in [2.05, 4.69) is 21.7 Å². The monoisotopic (exact) mass is 382 g/mol. The van der Waals surface area contributed by atoms with E-state index in [4.69, 9.17) is 16.9 Å². The predicted octanol–water partition coefficient (Wildman–Crippen LogP) is 5.13. The van der Waals surface area contributed by atoms with E-state index in [0.717, 1.165) is 10.2 Å². The van der Waals surface area contributed by atoms with E-state index < -0.39 is 12.1 Å². The number of amides is 2. The molecule has 0 aliphatic carbocycles. The van der Waals surface area contributed by atoms with E-state index in [1.165, 1.54) is 18.3 Å². The fraction of sp³-hybridized carbons (Fsp3) is 0.471. The van der Waals surface area contributed by atoms with Crippen molar-refractivity contribution in [2.75, 3.05) is 5.32 Å². The number of urea groups is 1. The van der Waals surface area contributed by atoms with Crippen LogP contribution in [0, 0.1) is 17.2 Å². The van der Waals surface area contributed by atoms with Gasteiger partial charge in [0.15, 0.2) is 5.13 Å². The molecule has 134 valence electrons. The summed E-state index contributed by atoms with van der Waals surface area (Å²) in [4.78, 5) is 16.5. The second-order valence-electron chi connectivity index (χ2n) is 5.91. The Morgan fingerprint density at radius 2 is 2.24 bits per heavy atom. The normalized spacial score (nSPS) is 14.5. The lowest BCUT2D eigenvalue weighted by Gasteiger charge is -2.20. The number of alkyl halides is 1. The van der Waals surface area contributed by atoms with Crippen LogP contribution in [-0.2, 0) is 0 Å². The summed E-state index contributed by atoms with van der Waals surface area (Å²) in [5.74, 6) is -0.421. The zero-order valence-corrected chi connectivity index (χ0v) is 15.6. The summed E-state index contributed by atoms with van der Waals surface area (Å²) in [6.07, 6.45) is 0.214. The third-order valence-corrected chi connectivity index (χ3v) is 4.93. The predicted molar refractivity (Wildman–Crippen MR) is 99.8 cm³/mol. The maximum absolute atomic E-state index is 13.1. The van der Waals surface area contributed by atoms with E-state index in [1.807, 2.05) is 6.92 Å². The van der Waals surface area contributed by atoms with Crippen LogP contribution in [0.15, 0.2) is 18.2 Å². The van der Waals surface area contributed by atoms with Gasteiger partial charge >= 0.3 is 6.03 Å². The largest absolute Gasteiger partial charge is 0.335 e. The third kappa shape index (κ3) is 5.83. The SMILES string of the molecule is CCC(CC(C#N)CC(C)F)NC(=O)Nc1nc2ccc(Cl)cc2s1. The lowest BCUT2D eigenvalue weighted by molar-refractivity contribution is 0.244. The number of thiazole rings is 1. The molecule has 25 heavy (non-hydrogen) atoms. The standard InChI is InChI=1S/C17H20ClFN4OS/c1-3-13(7-11(9-20)6-10(2)19)21-16(24)23-17-22-14-5-4-12(18)8-15(14)25-17/h4-5,8,10-11,13H,3,6-7H2,1-2H3,(H2,21,22,23,24). The Labute approximate surface area is 155 Å². The lowest BCUT2D eigenvalue weighted by Crippen LogP contribution is -2.38. The van der Waals surface area contributed by atoms with Crippen molar-refractivity contribution in [2.24, 2.45) is 5.92 Å². The Bertz CT molecular complexity index is 774. The van der Waals surface area contributed by atoms with Crippen molar-refractivity contribution in [3.63, 3.8) is 0 Å². The second-order valence-corrected chi connectivity index (χ2v) is 7.38. The minimum atomic E-state index is -1.04. The fourth-order valence-corrected chi connectivity index (χ4v) is 3.67. The topological polar surface area (TPSA) is 77.8 Å². The molecule has 2 N–H and O–H groups in total. The van der Waals surface area contributed by atoms with Crippen LogP contribution in [0.2, 0.25) is 5.02 Å². The molecule has 0 spiro atoms. The minimum Gasteiger partial charge on any atom is -0.335 e. The van der Waals surface area contributed by atoms with Crippen molar-refractivity contribution in [2.45, 2.75) is 45.3 Å². The van der Waals surface area contributed by atoms with Gasteiger partial charge in [-0.3, -0.25) is 5.32 Å². The summed E-state index contributed by atoms with van der Waals surface area (Å²) < 4.78 is 14.0. The third-order valence-electron chi connectivity index (χ3n) is 3.76. The summed E-state index contributed by atoms with van der Waals surface area (Å²) in [6, 6.07) is 6.85. The summed E-state index contributed by atoms with van der Waals surface area (Å²) in [6.45, 7) is 3.35. The minimum absolute atomic E-state index is 0.176. The molecule has 0 saturated heterocycles. The number of fused-ring (bicyclic) bond motifs is 1. The van der Waals surface area contributed by atoms with Crippen LogP contribution >= 0.6 is 22.9 Å². The van der Waals surface area contributed by atoms with Crippen molar-refractivity contribution < 1.29 is 9.18 Å². The Balaban J connectivity index is 1.95. The first-order valence-corrected chi connectivity index (χ1v) is 9.28. The first-order valence-electron chi connectivity index (χ1n) is 8.08. The van der Waals surface area contributed by atoms with Crippen molar-refractivity contribution in [1.29, 1.82) is 5.26 Å². The number of halogens is 2. The number of nitrogens with zero attached hydrogens (tertiary/aromatic N) is 2. The summed E-state index contributed by atoms with van der Waals surface area (Å²) in [5, 5.41) is 15.7. The lowest BCUT2D eigenvalue weighted by atomic mass is 9.95. The number of anilines is 1. The quantitative estimate of drug-likeness (QED) is 0.696. The van der Waals surface area contributed by atoms with Crippen molar-refractivity contribution in [1.82, 2.24) is 10.3 Å². The summed E-state index contributed by atoms with van der Waals surface area (Å²) in [5.41, 5.74) is 0.762. The number of carbonyl (C=O) groups excluding carboxylic acids is 1. The highest BCUT2D eigenvalue weighted by atomic mass is 35.5. The molecule has 0 aliphatic heterocycles. The number of aromatic nitrogens is 1. The molecule has 1 heterocycles. The molecule has 3 atom stereocenters. The molecular weight excluding hydrogens is 363 g/mol. The van der Waals surface area contributed by atoms with E-state index in [9.17, 15) is 9.18 Å². The maximum Gasteiger partial charge on any atom is 0.321 e. The zero-order chi connectivity index (χ0) is 18.4. The molecule has 3 unspecified atom stereocenters. The zero-order valence-electron chi connectivity index (χ0n) is 14.1. The van der Waals surface area contributed by atoms with E-state index in [0.29, 0.717) is 23.0 Å². The van der Waals surface area contributed by atoms with Crippen molar-refractivity contribution >= 4 is 44.3 Å². The fourth-order valence-electron chi connectivity index (χ4n) is 2.54. The van der Waals surface area contributed by atoms with Crippen molar-refractivity contribution in [3.8, 4) is 6.07 Å². The molecule has 8 heteroatoms. The van der Waals surface area contributed by atoms with Gasteiger partial charge in [0.2, 0.25) is 0 Å². The first kappa shape index (κ1) is 19.4. The Hall–Kier alpha value is -1.91. The highest BCUT2D eigenvalue weighted by Gasteiger charge is 2.19. The van der Waals surface area contributed by atoms with Crippen LogP contribution in [0.3, 0.4) is 0 Å². The number of benzene rings is 1. The van der Waals surface area contributed by atoms with Crippen molar-refractivity contribution in [3.05, 3.63) is 23.2 Å². The van der Waals surface area contributed by atoms with Crippen LogP contribution in [0.4, 0.5) is 14.3 Å². The number of nitrogens with one attached hydrogen (secondary N) is 2. The van der Waals surface area contributed by atoms with Gasteiger partial charge in [-0.05, 0) is 44.4 Å². The number of hydrogen-bond acceptors (Lipinski definition) is 4. The molecule has 1 aromatic carbocycles. The van der Waals surface area contributed by atoms with E-state index >= 15 is 0 Å². The molecule has 2 aromatic rings.